The van der Waals surface area contributed by atoms with Gasteiger partial charge in [-0.25, -0.2) is 0 Å². The minimum absolute atomic E-state index is 0.0293. The molecule has 2 aromatic rings. The Labute approximate surface area is 128 Å². The largest absolute Gasteiger partial charge is 0.496 e. The van der Waals surface area contributed by atoms with Gasteiger partial charge < -0.3 is 9.57 Å². The summed E-state index contributed by atoms with van der Waals surface area (Å²) in [5, 5.41) is 14.7. The quantitative estimate of drug-likeness (QED) is 0.463. The van der Waals surface area contributed by atoms with E-state index in [2.05, 4.69) is 5.16 Å². The fourth-order valence-electron chi connectivity index (χ4n) is 1.90. The first-order chi connectivity index (χ1) is 10.6. The lowest BCUT2D eigenvalue weighted by atomic mass is 10.1. The molecule has 0 heterocycles. The summed E-state index contributed by atoms with van der Waals surface area (Å²) in [6.07, 6.45) is 1.15. The van der Waals surface area contributed by atoms with Crippen LogP contribution in [0.25, 0.3) is 0 Å². The average molecular weight is 300 g/mol. The molecule has 0 fully saturated rings. The standard InChI is InChI=1S/C16H16N2O4/c1-12(13-7-5-8-15(10-13)18(19)20)22-17-11-14-6-3-4-9-16(14)21-2/h3-12H,1-2H3/b17-11-/t12-/m1/s1. The smallest absolute Gasteiger partial charge is 0.269 e. The number of ether oxygens (including phenoxy) is 1. The highest BCUT2D eigenvalue weighted by molar-refractivity contribution is 5.83. The number of oxime groups is 1. The second-order valence-corrected chi connectivity index (χ2v) is 4.58. The molecule has 0 aliphatic carbocycles. The van der Waals surface area contributed by atoms with E-state index in [4.69, 9.17) is 9.57 Å². The van der Waals surface area contributed by atoms with Crippen molar-refractivity contribution >= 4 is 11.9 Å². The summed E-state index contributed by atoms with van der Waals surface area (Å²) < 4.78 is 5.21. The lowest BCUT2D eigenvalue weighted by Crippen LogP contribution is -1.98. The van der Waals surface area contributed by atoms with Crippen LogP contribution in [0.15, 0.2) is 53.7 Å². The van der Waals surface area contributed by atoms with E-state index in [9.17, 15) is 10.1 Å². The predicted molar refractivity (Wildman–Crippen MR) is 83.2 cm³/mol. The second-order valence-electron chi connectivity index (χ2n) is 4.58. The van der Waals surface area contributed by atoms with Crippen LogP contribution in [-0.2, 0) is 4.84 Å². The molecule has 114 valence electrons. The molecular weight excluding hydrogens is 284 g/mol. The minimum Gasteiger partial charge on any atom is -0.496 e. The van der Waals surface area contributed by atoms with Crippen LogP contribution in [-0.4, -0.2) is 18.2 Å². The Hall–Kier alpha value is -2.89. The maximum absolute atomic E-state index is 10.8. The zero-order valence-corrected chi connectivity index (χ0v) is 12.3. The zero-order valence-electron chi connectivity index (χ0n) is 12.3. The van der Waals surface area contributed by atoms with Gasteiger partial charge in [0.25, 0.3) is 5.69 Å². The molecule has 6 nitrogen and oxygen atoms in total. The van der Waals surface area contributed by atoms with Gasteiger partial charge in [0.2, 0.25) is 0 Å². The molecule has 0 saturated heterocycles. The molecule has 0 aliphatic heterocycles. The highest BCUT2D eigenvalue weighted by atomic mass is 16.6. The van der Waals surface area contributed by atoms with Crippen molar-refractivity contribution in [1.29, 1.82) is 0 Å². The van der Waals surface area contributed by atoms with E-state index in [0.717, 1.165) is 5.56 Å². The molecule has 0 aliphatic rings. The number of hydrogen-bond acceptors (Lipinski definition) is 5. The van der Waals surface area contributed by atoms with E-state index < -0.39 is 11.0 Å². The maximum Gasteiger partial charge on any atom is 0.269 e. The Balaban J connectivity index is 2.06. The van der Waals surface area contributed by atoms with Gasteiger partial charge in [-0.15, -0.1) is 0 Å². The van der Waals surface area contributed by atoms with Crippen molar-refractivity contribution in [3.05, 3.63) is 69.8 Å². The number of rotatable bonds is 6. The Morgan fingerprint density at radius 2 is 2.00 bits per heavy atom. The molecule has 6 heteroatoms. The van der Waals surface area contributed by atoms with Crippen LogP contribution < -0.4 is 4.74 Å². The van der Waals surface area contributed by atoms with Crippen molar-refractivity contribution in [3.63, 3.8) is 0 Å². The van der Waals surface area contributed by atoms with Crippen LogP contribution in [0.3, 0.4) is 0 Å². The van der Waals surface area contributed by atoms with Crippen molar-refractivity contribution < 1.29 is 14.5 Å². The van der Waals surface area contributed by atoms with Gasteiger partial charge in [-0.2, -0.15) is 0 Å². The topological polar surface area (TPSA) is 74.0 Å². The van der Waals surface area contributed by atoms with Crippen molar-refractivity contribution in [2.75, 3.05) is 7.11 Å². The summed E-state index contributed by atoms with van der Waals surface area (Å²) in [5.41, 5.74) is 1.50. The Bertz CT molecular complexity index is 685. The first kappa shape index (κ1) is 15.5. The molecule has 0 amide bonds. The minimum atomic E-state index is -0.436. The van der Waals surface area contributed by atoms with Gasteiger partial charge in [0, 0.05) is 23.3 Å². The van der Waals surface area contributed by atoms with Crippen molar-refractivity contribution in [2.45, 2.75) is 13.0 Å². The van der Waals surface area contributed by atoms with Gasteiger partial charge in [-0.3, -0.25) is 10.1 Å². The van der Waals surface area contributed by atoms with Gasteiger partial charge in [-0.1, -0.05) is 29.4 Å². The van der Waals surface area contributed by atoms with Gasteiger partial charge in [0.15, 0.2) is 0 Å². The van der Waals surface area contributed by atoms with Crippen molar-refractivity contribution in [3.8, 4) is 5.75 Å². The molecule has 2 rings (SSSR count). The van der Waals surface area contributed by atoms with E-state index in [-0.39, 0.29) is 5.69 Å². The molecule has 0 N–H and O–H groups in total. The lowest BCUT2D eigenvalue weighted by Gasteiger charge is -2.09. The Kier molecular flexibility index (Phi) is 5.08. The highest BCUT2D eigenvalue weighted by Crippen LogP contribution is 2.22. The molecule has 0 bridgehead atoms. The van der Waals surface area contributed by atoms with Gasteiger partial charge in [-0.05, 0) is 19.1 Å². The molecule has 1 atom stereocenters. The number of benzene rings is 2. The van der Waals surface area contributed by atoms with E-state index in [1.165, 1.54) is 12.1 Å². The fraction of sp³-hybridized carbons (Fsp3) is 0.188. The summed E-state index contributed by atoms with van der Waals surface area (Å²) >= 11 is 0. The number of nitro benzene ring substituents is 1. The van der Waals surface area contributed by atoms with Crippen molar-refractivity contribution in [2.24, 2.45) is 5.16 Å². The number of hydrogen-bond donors (Lipinski definition) is 0. The zero-order chi connectivity index (χ0) is 15.9. The summed E-state index contributed by atoms with van der Waals surface area (Å²) in [6.45, 7) is 1.78. The van der Waals surface area contributed by atoms with Crippen LogP contribution >= 0.6 is 0 Å². The molecular formula is C16H16N2O4. The SMILES string of the molecule is COc1ccccc1/C=N\O[C@H](C)c1cccc([N+](=O)[O-])c1. The number of para-hydroxylation sites is 1. The normalized spacial score (nSPS) is 12.1. The summed E-state index contributed by atoms with van der Waals surface area (Å²) in [7, 11) is 1.58. The molecule has 0 unspecified atom stereocenters. The van der Waals surface area contributed by atoms with Gasteiger partial charge in [0.1, 0.15) is 11.9 Å². The van der Waals surface area contributed by atoms with E-state index in [1.807, 2.05) is 24.3 Å². The fourth-order valence-corrected chi connectivity index (χ4v) is 1.90. The van der Waals surface area contributed by atoms with Gasteiger partial charge in [0.05, 0.1) is 18.2 Å². The molecule has 22 heavy (non-hydrogen) atoms. The van der Waals surface area contributed by atoms with Crippen LogP contribution in [0.4, 0.5) is 5.69 Å². The number of non-ortho nitro benzene ring substituents is 1. The Morgan fingerprint density at radius 3 is 2.73 bits per heavy atom. The number of nitrogens with zero attached hydrogens (tertiary/aromatic N) is 2. The van der Waals surface area contributed by atoms with Crippen LogP contribution in [0.1, 0.15) is 24.2 Å². The second kappa shape index (κ2) is 7.21. The third-order valence-electron chi connectivity index (χ3n) is 3.10. The van der Waals surface area contributed by atoms with Crippen LogP contribution in [0, 0.1) is 10.1 Å². The number of nitro groups is 1. The summed E-state index contributed by atoms with van der Waals surface area (Å²) in [6, 6.07) is 13.7. The lowest BCUT2D eigenvalue weighted by molar-refractivity contribution is -0.385. The van der Waals surface area contributed by atoms with E-state index >= 15 is 0 Å². The average Bonchev–Trinajstić information content (AvgIpc) is 2.55. The predicted octanol–water partition coefficient (Wildman–Crippen LogP) is 3.72. The first-order valence-electron chi connectivity index (χ1n) is 6.68. The molecule has 0 aromatic heterocycles. The Morgan fingerprint density at radius 1 is 1.23 bits per heavy atom. The molecule has 2 aromatic carbocycles. The molecule has 0 saturated carbocycles. The van der Waals surface area contributed by atoms with Crippen LogP contribution in [0.5, 0.6) is 5.75 Å². The number of methoxy groups -OCH3 is 1. The highest BCUT2D eigenvalue weighted by Gasteiger charge is 2.11. The third-order valence-corrected chi connectivity index (χ3v) is 3.10. The summed E-state index contributed by atoms with van der Waals surface area (Å²) in [4.78, 5) is 15.7. The van der Waals surface area contributed by atoms with Crippen LogP contribution in [0.2, 0.25) is 0 Å². The third kappa shape index (κ3) is 3.82. The molecule has 0 radical (unpaired) electrons. The monoisotopic (exact) mass is 300 g/mol. The first-order valence-corrected chi connectivity index (χ1v) is 6.68. The van der Waals surface area contributed by atoms with E-state index in [0.29, 0.717) is 11.3 Å². The maximum atomic E-state index is 10.8. The van der Waals surface area contributed by atoms with E-state index in [1.54, 1.807) is 32.4 Å². The van der Waals surface area contributed by atoms with Gasteiger partial charge >= 0.3 is 0 Å². The summed E-state index contributed by atoms with van der Waals surface area (Å²) in [5.74, 6) is 0.692. The molecule has 0 spiro atoms. The van der Waals surface area contributed by atoms with Crippen molar-refractivity contribution in [1.82, 2.24) is 0 Å².